The smallest absolute Gasteiger partial charge is 0.138 e. The number of benzene rings is 1. The molecule has 1 aromatic carbocycles. The first-order valence-electron chi connectivity index (χ1n) is 4.59. The van der Waals surface area contributed by atoms with E-state index in [4.69, 9.17) is 11.6 Å². The molecule has 0 fully saturated rings. The first kappa shape index (κ1) is 8.26. The lowest BCUT2D eigenvalue weighted by Gasteiger charge is -1.96. The lowest BCUT2D eigenvalue weighted by molar-refractivity contribution is 0.176. The molecule has 0 aliphatic carbocycles. The fraction of sp³-hybridized carbons (Fsp3) is 0.300. The number of rotatable bonds is 0. The van der Waals surface area contributed by atoms with E-state index in [1.54, 1.807) is 0 Å². The zero-order chi connectivity index (χ0) is 9.71. The quantitative estimate of drug-likeness (QED) is 0.720. The van der Waals surface area contributed by atoms with E-state index in [1.165, 1.54) is 0 Å². The number of imidazole rings is 1. The van der Waals surface area contributed by atoms with Crippen LogP contribution in [-0.2, 0) is 6.54 Å². The monoisotopic (exact) mass is 208 g/mol. The van der Waals surface area contributed by atoms with E-state index in [2.05, 4.69) is 9.55 Å². The molecule has 0 spiro atoms. The summed E-state index contributed by atoms with van der Waals surface area (Å²) >= 11 is 5.87. The molecule has 1 N–H and O–H groups in total. The highest BCUT2D eigenvalue weighted by atomic mass is 35.5. The number of halogens is 1. The third-order valence-electron chi connectivity index (χ3n) is 2.66. The molecule has 0 radical (unpaired) electrons. The molecule has 0 unspecified atom stereocenters. The summed E-state index contributed by atoms with van der Waals surface area (Å²) in [5, 5.41) is 10.3. The molecule has 2 heterocycles. The van der Waals surface area contributed by atoms with Crippen molar-refractivity contribution in [3.05, 3.63) is 29.0 Å². The Labute approximate surface area is 85.9 Å². The maximum Gasteiger partial charge on any atom is 0.138 e. The van der Waals surface area contributed by atoms with E-state index in [1.807, 2.05) is 18.2 Å². The summed E-state index contributed by atoms with van der Waals surface area (Å²) in [4.78, 5) is 4.36. The van der Waals surface area contributed by atoms with E-state index >= 15 is 0 Å². The van der Waals surface area contributed by atoms with Crippen molar-refractivity contribution in [1.82, 2.24) is 9.55 Å². The van der Waals surface area contributed by atoms with Crippen molar-refractivity contribution >= 4 is 22.6 Å². The maximum atomic E-state index is 9.64. The van der Waals surface area contributed by atoms with E-state index in [9.17, 15) is 5.11 Å². The normalized spacial score (nSPS) is 20.3. The average molecular weight is 209 g/mol. The van der Waals surface area contributed by atoms with Crippen molar-refractivity contribution in [1.29, 1.82) is 0 Å². The van der Waals surface area contributed by atoms with Gasteiger partial charge in [0.15, 0.2) is 0 Å². The standard InChI is InChI=1S/C10H9ClN2O/c11-6-1-2-8-7(5-6)12-10-9(14)3-4-13(8)10/h1-2,5,9,14H,3-4H2/t9-/m0/s1. The van der Waals surface area contributed by atoms with Gasteiger partial charge < -0.3 is 9.67 Å². The van der Waals surface area contributed by atoms with Crippen LogP contribution in [0.5, 0.6) is 0 Å². The Morgan fingerprint density at radius 3 is 3.21 bits per heavy atom. The second kappa shape index (κ2) is 2.72. The van der Waals surface area contributed by atoms with Gasteiger partial charge in [-0.15, -0.1) is 0 Å². The van der Waals surface area contributed by atoms with Crippen molar-refractivity contribution in [3.63, 3.8) is 0 Å². The number of hydrogen-bond donors (Lipinski definition) is 1. The molecule has 1 aromatic heterocycles. The summed E-state index contributed by atoms with van der Waals surface area (Å²) in [6.45, 7) is 0.842. The van der Waals surface area contributed by atoms with Gasteiger partial charge in [0.2, 0.25) is 0 Å². The molecule has 2 aromatic rings. The molecular formula is C10H9ClN2O. The van der Waals surface area contributed by atoms with Gasteiger partial charge in [-0.25, -0.2) is 4.98 Å². The molecule has 0 bridgehead atoms. The topological polar surface area (TPSA) is 38.0 Å². The predicted molar refractivity (Wildman–Crippen MR) is 54.3 cm³/mol. The fourth-order valence-corrected chi connectivity index (χ4v) is 2.16. The second-order valence-corrected chi connectivity index (χ2v) is 4.00. The number of nitrogens with zero attached hydrogens (tertiary/aromatic N) is 2. The van der Waals surface area contributed by atoms with Gasteiger partial charge in [-0.2, -0.15) is 0 Å². The molecule has 72 valence electrons. The van der Waals surface area contributed by atoms with Crippen LogP contribution >= 0.6 is 11.6 Å². The maximum absolute atomic E-state index is 9.64. The van der Waals surface area contributed by atoms with Gasteiger partial charge in [0.05, 0.1) is 11.0 Å². The van der Waals surface area contributed by atoms with Gasteiger partial charge in [0, 0.05) is 11.6 Å². The number of aryl methyl sites for hydroxylation is 1. The Morgan fingerprint density at radius 1 is 1.50 bits per heavy atom. The van der Waals surface area contributed by atoms with Crippen LogP contribution in [0.1, 0.15) is 18.3 Å². The first-order valence-corrected chi connectivity index (χ1v) is 4.97. The van der Waals surface area contributed by atoms with Gasteiger partial charge in [0.25, 0.3) is 0 Å². The molecule has 4 heteroatoms. The zero-order valence-electron chi connectivity index (χ0n) is 7.44. The van der Waals surface area contributed by atoms with Crippen LogP contribution in [0.2, 0.25) is 5.02 Å². The Balaban J connectivity index is 2.34. The van der Waals surface area contributed by atoms with Gasteiger partial charge in [-0.1, -0.05) is 11.6 Å². The minimum atomic E-state index is -0.416. The highest BCUT2D eigenvalue weighted by molar-refractivity contribution is 6.31. The van der Waals surface area contributed by atoms with Crippen LogP contribution in [0.25, 0.3) is 11.0 Å². The van der Waals surface area contributed by atoms with Crippen LogP contribution in [0.4, 0.5) is 0 Å². The van der Waals surface area contributed by atoms with Gasteiger partial charge in [0.1, 0.15) is 11.9 Å². The third-order valence-corrected chi connectivity index (χ3v) is 2.90. The number of hydrogen-bond acceptors (Lipinski definition) is 2. The first-order chi connectivity index (χ1) is 6.75. The van der Waals surface area contributed by atoms with E-state index in [0.29, 0.717) is 5.02 Å². The van der Waals surface area contributed by atoms with E-state index < -0.39 is 6.10 Å². The van der Waals surface area contributed by atoms with Crippen molar-refractivity contribution in [2.24, 2.45) is 0 Å². The second-order valence-electron chi connectivity index (χ2n) is 3.56. The Kier molecular flexibility index (Phi) is 1.60. The number of aliphatic hydroxyl groups is 1. The van der Waals surface area contributed by atoms with Crippen molar-refractivity contribution in [3.8, 4) is 0 Å². The van der Waals surface area contributed by atoms with Crippen molar-refractivity contribution in [2.75, 3.05) is 0 Å². The number of aliphatic hydroxyl groups excluding tert-OH is 1. The van der Waals surface area contributed by atoms with Crippen LogP contribution in [0.3, 0.4) is 0 Å². The molecular weight excluding hydrogens is 200 g/mol. The summed E-state index contributed by atoms with van der Waals surface area (Å²) < 4.78 is 2.05. The van der Waals surface area contributed by atoms with Crippen LogP contribution in [0.15, 0.2) is 18.2 Å². The zero-order valence-corrected chi connectivity index (χ0v) is 8.20. The summed E-state index contributed by atoms with van der Waals surface area (Å²) in [5.74, 6) is 0.766. The predicted octanol–water partition coefficient (Wildman–Crippen LogP) is 2.13. The summed E-state index contributed by atoms with van der Waals surface area (Å²) in [7, 11) is 0. The summed E-state index contributed by atoms with van der Waals surface area (Å²) in [5.41, 5.74) is 1.92. The molecule has 3 nitrogen and oxygen atoms in total. The lowest BCUT2D eigenvalue weighted by Crippen LogP contribution is -1.93. The van der Waals surface area contributed by atoms with Crippen LogP contribution in [0, 0.1) is 0 Å². The Bertz CT molecular complexity index is 506. The number of fused-ring (bicyclic) bond motifs is 3. The van der Waals surface area contributed by atoms with Crippen molar-refractivity contribution < 1.29 is 5.11 Å². The summed E-state index contributed by atoms with van der Waals surface area (Å²) in [6.07, 6.45) is 0.349. The molecule has 0 amide bonds. The SMILES string of the molecule is O[C@H]1CCn2c1nc1cc(Cl)ccc12. The lowest BCUT2D eigenvalue weighted by atomic mass is 10.3. The highest BCUT2D eigenvalue weighted by Gasteiger charge is 2.24. The average Bonchev–Trinajstić information content (AvgIpc) is 2.66. The third kappa shape index (κ3) is 0.996. The van der Waals surface area contributed by atoms with E-state index in [-0.39, 0.29) is 0 Å². The van der Waals surface area contributed by atoms with Gasteiger partial charge >= 0.3 is 0 Å². The molecule has 14 heavy (non-hydrogen) atoms. The molecule has 0 saturated carbocycles. The fourth-order valence-electron chi connectivity index (χ4n) is 1.99. The highest BCUT2D eigenvalue weighted by Crippen LogP contribution is 2.30. The molecule has 3 rings (SSSR count). The van der Waals surface area contributed by atoms with Gasteiger partial charge in [-0.3, -0.25) is 0 Å². The van der Waals surface area contributed by atoms with Crippen molar-refractivity contribution in [2.45, 2.75) is 19.1 Å². The van der Waals surface area contributed by atoms with Crippen LogP contribution < -0.4 is 0 Å². The minimum Gasteiger partial charge on any atom is -0.385 e. The molecule has 1 aliphatic heterocycles. The Morgan fingerprint density at radius 2 is 2.36 bits per heavy atom. The largest absolute Gasteiger partial charge is 0.385 e. The van der Waals surface area contributed by atoms with E-state index in [0.717, 1.165) is 29.8 Å². The summed E-state index contributed by atoms with van der Waals surface area (Å²) in [6, 6.07) is 5.63. The van der Waals surface area contributed by atoms with Crippen LogP contribution in [-0.4, -0.2) is 14.7 Å². The minimum absolute atomic E-state index is 0.416. The molecule has 0 saturated heterocycles. The van der Waals surface area contributed by atoms with Gasteiger partial charge in [-0.05, 0) is 24.6 Å². The Hall–Kier alpha value is -1.06. The number of aromatic nitrogens is 2. The molecule has 1 aliphatic rings. The molecule has 1 atom stereocenters.